The lowest BCUT2D eigenvalue weighted by Crippen LogP contribution is -2.24. The van der Waals surface area contributed by atoms with Crippen molar-refractivity contribution in [3.8, 4) is 5.75 Å². The third-order valence-electron chi connectivity index (χ3n) is 3.27. The van der Waals surface area contributed by atoms with Gasteiger partial charge in [0.25, 0.3) is 0 Å². The Kier molecular flexibility index (Phi) is 5.36. The SMILES string of the molecule is CCOC(=O)C(CC)C(O)c1cc(C)c(O)c(C)c1. The van der Waals surface area contributed by atoms with Crippen LogP contribution in [0.5, 0.6) is 5.75 Å². The minimum Gasteiger partial charge on any atom is -0.507 e. The molecule has 1 aromatic carbocycles. The van der Waals surface area contributed by atoms with Crippen molar-refractivity contribution in [2.75, 3.05) is 6.61 Å². The molecule has 0 saturated carbocycles. The van der Waals surface area contributed by atoms with E-state index in [2.05, 4.69) is 0 Å². The topological polar surface area (TPSA) is 66.8 Å². The highest BCUT2D eigenvalue weighted by Gasteiger charge is 2.28. The van der Waals surface area contributed by atoms with Gasteiger partial charge in [0, 0.05) is 0 Å². The monoisotopic (exact) mass is 266 g/mol. The molecule has 2 atom stereocenters. The van der Waals surface area contributed by atoms with Crippen LogP contribution in [0.4, 0.5) is 0 Å². The van der Waals surface area contributed by atoms with E-state index in [1.165, 1.54) is 0 Å². The Balaban J connectivity index is 3.04. The first-order chi connectivity index (χ1) is 8.92. The lowest BCUT2D eigenvalue weighted by Gasteiger charge is -2.21. The van der Waals surface area contributed by atoms with Gasteiger partial charge in [0.05, 0.1) is 18.6 Å². The summed E-state index contributed by atoms with van der Waals surface area (Å²) in [5.41, 5.74) is 2.01. The smallest absolute Gasteiger partial charge is 0.311 e. The van der Waals surface area contributed by atoms with Crippen LogP contribution in [0.25, 0.3) is 0 Å². The molecule has 0 aliphatic carbocycles. The molecule has 2 unspecified atom stereocenters. The number of aliphatic hydroxyl groups is 1. The van der Waals surface area contributed by atoms with Crippen LogP contribution < -0.4 is 0 Å². The molecule has 0 aliphatic heterocycles. The Morgan fingerprint density at radius 1 is 1.26 bits per heavy atom. The molecule has 106 valence electrons. The van der Waals surface area contributed by atoms with E-state index < -0.39 is 12.0 Å². The number of esters is 1. The quantitative estimate of drug-likeness (QED) is 0.804. The highest BCUT2D eigenvalue weighted by atomic mass is 16.5. The maximum absolute atomic E-state index is 11.8. The second kappa shape index (κ2) is 6.57. The van der Waals surface area contributed by atoms with Gasteiger partial charge >= 0.3 is 5.97 Å². The van der Waals surface area contributed by atoms with Gasteiger partial charge in [-0.1, -0.05) is 6.92 Å². The van der Waals surface area contributed by atoms with Crippen LogP contribution in [0.3, 0.4) is 0 Å². The number of aliphatic hydroxyl groups excluding tert-OH is 1. The highest BCUT2D eigenvalue weighted by Crippen LogP contribution is 2.31. The lowest BCUT2D eigenvalue weighted by molar-refractivity contribution is -0.152. The number of carbonyl (C=O) groups is 1. The number of benzene rings is 1. The maximum Gasteiger partial charge on any atom is 0.311 e. The van der Waals surface area contributed by atoms with E-state index in [-0.39, 0.29) is 11.7 Å². The van der Waals surface area contributed by atoms with Crippen LogP contribution >= 0.6 is 0 Å². The van der Waals surface area contributed by atoms with E-state index >= 15 is 0 Å². The third kappa shape index (κ3) is 3.47. The van der Waals surface area contributed by atoms with Gasteiger partial charge in [-0.3, -0.25) is 4.79 Å². The summed E-state index contributed by atoms with van der Waals surface area (Å²) in [6, 6.07) is 3.41. The van der Waals surface area contributed by atoms with Gasteiger partial charge in [-0.05, 0) is 56.0 Å². The molecule has 0 aromatic heterocycles. The van der Waals surface area contributed by atoms with Crippen molar-refractivity contribution in [2.45, 2.75) is 40.2 Å². The normalized spacial score (nSPS) is 13.9. The van der Waals surface area contributed by atoms with E-state index in [0.29, 0.717) is 29.7 Å². The molecular weight excluding hydrogens is 244 g/mol. The predicted octanol–water partition coefficient (Wildman–Crippen LogP) is 2.63. The van der Waals surface area contributed by atoms with Gasteiger partial charge in [0.2, 0.25) is 0 Å². The molecule has 1 rings (SSSR count). The molecule has 1 aromatic rings. The number of phenols is 1. The molecule has 0 amide bonds. The average Bonchev–Trinajstić information content (AvgIpc) is 2.36. The highest BCUT2D eigenvalue weighted by molar-refractivity contribution is 5.73. The van der Waals surface area contributed by atoms with E-state index in [0.717, 1.165) is 0 Å². The minimum atomic E-state index is -0.915. The van der Waals surface area contributed by atoms with Crippen molar-refractivity contribution >= 4 is 5.97 Å². The van der Waals surface area contributed by atoms with E-state index in [9.17, 15) is 15.0 Å². The molecule has 0 fully saturated rings. The Hall–Kier alpha value is -1.55. The van der Waals surface area contributed by atoms with Crippen LogP contribution in [0, 0.1) is 19.8 Å². The zero-order valence-electron chi connectivity index (χ0n) is 11.9. The largest absolute Gasteiger partial charge is 0.507 e. The summed E-state index contributed by atoms with van der Waals surface area (Å²) >= 11 is 0. The fourth-order valence-electron chi connectivity index (χ4n) is 2.16. The van der Waals surface area contributed by atoms with Crippen LogP contribution in [0.2, 0.25) is 0 Å². The van der Waals surface area contributed by atoms with E-state index in [4.69, 9.17) is 4.74 Å². The van der Waals surface area contributed by atoms with Crippen molar-refractivity contribution in [1.29, 1.82) is 0 Å². The van der Waals surface area contributed by atoms with Crippen molar-refractivity contribution in [3.05, 3.63) is 28.8 Å². The molecular formula is C15H22O4. The zero-order valence-corrected chi connectivity index (χ0v) is 11.9. The van der Waals surface area contributed by atoms with Gasteiger partial charge < -0.3 is 14.9 Å². The summed E-state index contributed by atoms with van der Waals surface area (Å²) in [6.07, 6.45) is -0.416. The van der Waals surface area contributed by atoms with E-state index in [1.807, 2.05) is 6.92 Å². The lowest BCUT2D eigenvalue weighted by atomic mass is 9.91. The van der Waals surface area contributed by atoms with Gasteiger partial charge in [0.15, 0.2) is 0 Å². The van der Waals surface area contributed by atoms with Gasteiger partial charge in [-0.2, -0.15) is 0 Å². The third-order valence-corrected chi connectivity index (χ3v) is 3.27. The zero-order chi connectivity index (χ0) is 14.6. The Morgan fingerprint density at radius 3 is 2.21 bits per heavy atom. The molecule has 19 heavy (non-hydrogen) atoms. The number of aromatic hydroxyl groups is 1. The van der Waals surface area contributed by atoms with E-state index in [1.54, 1.807) is 32.9 Å². The fraction of sp³-hybridized carbons (Fsp3) is 0.533. The molecule has 0 radical (unpaired) electrons. The Bertz CT molecular complexity index is 430. The summed E-state index contributed by atoms with van der Waals surface area (Å²) in [6.45, 7) is 7.42. The second-order valence-corrected chi connectivity index (χ2v) is 4.71. The number of hydrogen-bond donors (Lipinski definition) is 2. The number of phenolic OH excluding ortho intramolecular Hbond substituents is 1. The molecule has 4 heteroatoms. The first-order valence-electron chi connectivity index (χ1n) is 6.57. The second-order valence-electron chi connectivity index (χ2n) is 4.71. The number of ether oxygens (including phenoxy) is 1. The van der Waals surface area contributed by atoms with Crippen molar-refractivity contribution < 1.29 is 19.7 Å². The molecule has 0 aliphatic rings. The molecule has 0 saturated heterocycles. The van der Waals surface area contributed by atoms with Crippen LogP contribution in [0.15, 0.2) is 12.1 Å². The van der Waals surface area contributed by atoms with Gasteiger partial charge in [0.1, 0.15) is 5.75 Å². The van der Waals surface area contributed by atoms with Crippen LogP contribution in [-0.2, 0) is 9.53 Å². The van der Waals surface area contributed by atoms with Gasteiger partial charge in [-0.15, -0.1) is 0 Å². The summed E-state index contributed by atoms with van der Waals surface area (Å²) in [7, 11) is 0. The Labute approximate surface area is 114 Å². The summed E-state index contributed by atoms with van der Waals surface area (Å²) in [5, 5.41) is 20.1. The number of aryl methyl sites for hydroxylation is 2. The fourth-order valence-corrected chi connectivity index (χ4v) is 2.16. The first kappa shape index (κ1) is 15.5. The van der Waals surface area contributed by atoms with Crippen LogP contribution in [0.1, 0.15) is 43.1 Å². The average molecular weight is 266 g/mol. The van der Waals surface area contributed by atoms with Gasteiger partial charge in [-0.25, -0.2) is 0 Å². The summed E-state index contributed by atoms with van der Waals surface area (Å²) in [4.78, 5) is 11.8. The first-order valence-corrected chi connectivity index (χ1v) is 6.57. The number of hydrogen-bond acceptors (Lipinski definition) is 4. The van der Waals surface area contributed by atoms with Crippen molar-refractivity contribution in [3.63, 3.8) is 0 Å². The summed E-state index contributed by atoms with van der Waals surface area (Å²) in [5.74, 6) is -0.746. The van der Waals surface area contributed by atoms with Crippen molar-refractivity contribution in [2.24, 2.45) is 5.92 Å². The molecule has 0 bridgehead atoms. The molecule has 2 N–H and O–H groups in total. The molecule has 0 spiro atoms. The predicted molar refractivity (Wildman–Crippen MR) is 73.0 cm³/mol. The van der Waals surface area contributed by atoms with Crippen molar-refractivity contribution in [1.82, 2.24) is 0 Å². The van der Waals surface area contributed by atoms with Crippen LogP contribution in [-0.4, -0.2) is 22.8 Å². The Morgan fingerprint density at radius 2 is 1.79 bits per heavy atom. The minimum absolute atomic E-state index is 0.222. The molecule has 4 nitrogen and oxygen atoms in total. The summed E-state index contributed by atoms with van der Waals surface area (Å²) < 4.78 is 4.97. The number of carbonyl (C=O) groups excluding carboxylic acids is 1. The maximum atomic E-state index is 11.8. The number of rotatable bonds is 5. The molecule has 0 heterocycles. The standard InChI is InChI=1S/C15H22O4/c1-5-12(15(18)19-6-2)14(17)11-7-9(3)13(16)10(4)8-11/h7-8,12,14,16-17H,5-6H2,1-4H3.